The van der Waals surface area contributed by atoms with Crippen LogP contribution in [-0.2, 0) is 20.0 Å². The van der Waals surface area contributed by atoms with Crippen molar-refractivity contribution in [3.05, 3.63) is 51.9 Å². The van der Waals surface area contributed by atoms with E-state index in [1.165, 1.54) is 28.3 Å². The molecule has 0 bridgehead atoms. The van der Waals surface area contributed by atoms with E-state index in [4.69, 9.17) is 16.9 Å². The van der Waals surface area contributed by atoms with Crippen LogP contribution in [0.3, 0.4) is 0 Å². The Morgan fingerprint density at radius 3 is 2.96 bits per heavy atom. The lowest BCUT2D eigenvalue weighted by Crippen LogP contribution is -2.25. The Kier molecular flexibility index (Phi) is 4.35. The van der Waals surface area contributed by atoms with E-state index in [0.29, 0.717) is 34.9 Å². The number of aromatic nitrogens is 6. The number of thiazole rings is 1. The second-order valence-electron chi connectivity index (χ2n) is 6.15. The Bertz CT molecular complexity index is 1300. The first-order valence-electron chi connectivity index (χ1n) is 8.35. The molecular formula is C17H17N9OS. The Morgan fingerprint density at radius 1 is 1.39 bits per heavy atom. The summed E-state index contributed by atoms with van der Waals surface area (Å²) in [6.07, 6.45) is 6.44. The summed E-state index contributed by atoms with van der Waals surface area (Å²) in [5.41, 5.74) is 12.3. The Hall–Kier alpha value is -3.60. The number of anilines is 1. The van der Waals surface area contributed by atoms with Crippen molar-refractivity contribution < 1.29 is 0 Å². The van der Waals surface area contributed by atoms with Gasteiger partial charge in [0.05, 0.1) is 10.9 Å². The fourth-order valence-electron chi connectivity index (χ4n) is 2.98. The van der Waals surface area contributed by atoms with E-state index in [1.54, 1.807) is 30.1 Å². The minimum Gasteiger partial charge on any atom is -0.405 e. The number of rotatable bonds is 5. The average molecular weight is 395 g/mol. The van der Waals surface area contributed by atoms with Crippen LogP contribution in [0.1, 0.15) is 10.8 Å². The number of nitrogens with zero attached hydrogens (tertiary/aromatic N) is 6. The van der Waals surface area contributed by atoms with Gasteiger partial charge in [0.1, 0.15) is 22.9 Å². The van der Waals surface area contributed by atoms with Gasteiger partial charge in [0.15, 0.2) is 11.5 Å². The number of allylic oxidation sites excluding steroid dienone is 1. The molecule has 0 unspecified atom stereocenters. The molecule has 0 fully saturated rings. The van der Waals surface area contributed by atoms with Crippen LogP contribution >= 0.6 is 11.3 Å². The van der Waals surface area contributed by atoms with Crippen molar-refractivity contribution in [2.24, 2.45) is 12.8 Å². The van der Waals surface area contributed by atoms with Gasteiger partial charge in [-0.1, -0.05) is 0 Å². The SMILES string of the molecule is Cn1c2nc(CC(=N)/C=C\N)sc2c2cnn(Cc3nccc(N)n3)c(=O)c21. The molecule has 0 aliphatic carbocycles. The normalized spacial score (nSPS) is 11.8. The van der Waals surface area contributed by atoms with Crippen molar-refractivity contribution in [1.82, 2.24) is 29.3 Å². The molecule has 0 saturated carbocycles. The molecule has 0 amide bonds. The van der Waals surface area contributed by atoms with Crippen molar-refractivity contribution in [2.45, 2.75) is 13.0 Å². The molecule has 4 rings (SSSR count). The van der Waals surface area contributed by atoms with Crippen LogP contribution in [0.15, 0.2) is 35.5 Å². The molecular weight excluding hydrogens is 378 g/mol. The number of nitrogen functional groups attached to an aromatic ring is 1. The minimum absolute atomic E-state index is 0.125. The molecule has 4 heterocycles. The van der Waals surface area contributed by atoms with Gasteiger partial charge in [-0.05, 0) is 18.3 Å². The smallest absolute Gasteiger partial charge is 0.291 e. The number of aryl methyl sites for hydroxylation is 1. The quantitative estimate of drug-likeness (QED) is 0.422. The molecule has 0 aromatic carbocycles. The zero-order chi connectivity index (χ0) is 19.8. The van der Waals surface area contributed by atoms with E-state index in [1.807, 2.05) is 0 Å². The summed E-state index contributed by atoms with van der Waals surface area (Å²) >= 11 is 1.45. The Labute approximate surface area is 162 Å². The third kappa shape index (κ3) is 3.01. The maximum atomic E-state index is 13.0. The molecule has 0 aliphatic heterocycles. The highest BCUT2D eigenvalue weighted by Crippen LogP contribution is 2.31. The second kappa shape index (κ2) is 6.85. The van der Waals surface area contributed by atoms with Gasteiger partial charge < -0.3 is 21.4 Å². The van der Waals surface area contributed by atoms with Gasteiger partial charge >= 0.3 is 0 Å². The van der Waals surface area contributed by atoms with Gasteiger partial charge in [-0.25, -0.2) is 19.6 Å². The summed E-state index contributed by atoms with van der Waals surface area (Å²) in [5.74, 6) is 0.752. The Balaban J connectivity index is 1.77. The van der Waals surface area contributed by atoms with E-state index in [-0.39, 0.29) is 12.1 Å². The van der Waals surface area contributed by atoms with Crippen LogP contribution in [0, 0.1) is 5.41 Å². The molecule has 0 atom stereocenters. The first-order chi connectivity index (χ1) is 13.5. The topological polar surface area (TPSA) is 154 Å². The summed E-state index contributed by atoms with van der Waals surface area (Å²) in [5, 5.41) is 13.6. The van der Waals surface area contributed by atoms with E-state index in [9.17, 15) is 4.79 Å². The lowest BCUT2D eigenvalue weighted by Gasteiger charge is -2.05. The molecule has 0 spiro atoms. The van der Waals surface area contributed by atoms with Gasteiger partial charge in [0.2, 0.25) is 0 Å². The lowest BCUT2D eigenvalue weighted by atomic mass is 10.3. The fourth-order valence-corrected chi connectivity index (χ4v) is 4.11. The van der Waals surface area contributed by atoms with E-state index >= 15 is 0 Å². The van der Waals surface area contributed by atoms with E-state index in [2.05, 4.69) is 20.1 Å². The minimum atomic E-state index is -0.253. The third-order valence-corrected chi connectivity index (χ3v) is 5.30. The fraction of sp³-hybridized carbons (Fsp3) is 0.176. The third-order valence-electron chi connectivity index (χ3n) is 4.23. The van der Waals surface area contributed by atoms with E-state index < -0.39 is 0 Å². The van der Waals surface area contributed by atoms with Crippen molar-refractivity contribution >= 4 is 44.1 Å². The molecule has 0 aliphatic rings. The monoisotopic (exact) mass is 395 g/mol. The van der Waals surface area contributed by atoms with Crippen LogP contribution in [-0.4, -0.2) is 35.0 Å². The predicted molar refractivity (Wildman–Crippen MR) is 108 cm³/mol. The number of nitrogens with one attached hydrogen (secondary N) is 1. The largest absolute Gasteiger partial charge is 0.405 e. The number of fused-ring (bicyclic) bond motifs is 3. The van der Waals surface area contributed by atoms with Crippen LogP contribution in [0.25, 0.3) is 21.3 Å². The van der Waals surface area contributed by atoms with Gasteiger partial charge in [-0.15, -0.1) is 11.3 Å². The highest BCUT2D eigenvalue weighted by Gasteiger charge is 2.18. The Morgan fingerprint density at radius 2 is 2.21 bits per heavy atom. The predicted octanol–water partition coefficient (Wildman–Crippen LogP) is 0.800. The summed E-state index contributed by atoms with van der Waals surface area (Å²) in [7, 11) is 1.79. The van der Waals surface area contributed by atoms with Gasteiger partial charge in [-0.2, -0.15) is 5.10 Å². The highest BCUT2D eigenvalue weighted by molar-refractivity contribution is 7.19. The molecule has 5 N–H and O–H groups in total. The standard InChI is InChI=1S/C17H17N9OS/c1-25-14-10(15-16(25)24-13(28-15)6-9(19)2-4-18)7-22-26(17(14)27)8-12-21-5-3-11(20)23-12/h2-5,7,19H,6,8,18H2,1H3,(H2,20,21,23)/b4-2-,19-9?. The molecule has 28 heavy (non-hydrogen) atoms. The molecule has 10 nitrogen and oxygen atoms in total. The molecule has 0 radical (unpaired) electrons. The molecule has 4 aromatic rings. The van der Waals surface area contributed by atoms with Crippen LogP contribution in [0.4, 0.5) is 5.82 Å². The number of hydrogen-bond acceptors (Lipinski definition) is 9. The number of hydrogen-bond donors (Lipinski definition) is 3. The van der Waals surface area contributed by atoms with Gasteiger partial charge in [-0.3, -0.25) is 4.79 Å². The van der Waals surface area contributed by atoms with Crippen LogP contribution in [0.2, 0.25) is 0 Å². The molecule has 142 valence electrons. The molecule has 11 heteroatoms. The zero-order valence-corrected chi connectivity index (χ0v) is 15.8. The van der Waals surface area contributed by atoms with Gasteiger partial charge in [0, 0.05) is 30.8 Å². The van der Waals surface area contributed by atoms with Crippen LogP contribution in [0.5, 0.6) is 0 Å². The summed E-state index contributed by atoms with van der Waals surface area (Å²) in [4.78, 5) is 25.8. The summed E-state index contributed by atoms with van der Waals surface area (Å²) in [6.45, 7) is 0.125. The first-order valence-corrected chi connectivity index (χ1v) is 9.16. The zero-order valence-electron chi connectivity index (χ0n) is 15.0. The van der Waals surface area contributed by atoms with Crippen LogP contribution < -0.4 is 17.0 Å². The summed E-state index contributed by atoms with van der Waals surface area (Å²) < 4.78 is 3.94. The second-order valence-corrected chi connectivity index (χ2v) is 7.23. The maximum absolute atomic E-state index is 13.0. The lowest BCUT2D eigenvalue weighted by molar-refractivity contribution is 0.619. The first kappa shape index (κ1) is 17.8. The van der Waals surface area contributed by atoms with E-state index in [0.717, 1.165) is 15.1 Å². The average Bonchev–Trinajstić information content (AvgIpc) is 3.16. The van der Waals surface area contributed by atoms with Crippen molar-refractivity contribution in [1.29, 1.82) is 5.41 Å². The molecule has 4 aromatic heterocycles. The van der Waals surface area contributed by atoms with Gasteiger partial charge in [0.25, 0.3) is 5.56 Å². The van der Waals surface area contributed by atoms with Crippen molar-refractivity contribution in [3.8, 4) is 0 Å². The highest BCUT2D eigenvalue weighted by atomic mass is 32.1. The number of nitrogens with two attached hydrogens (primary N) is 2. The van der Waals surface area contributed by atoms with Crippen molar-refractivity contribution in [3.63, 3.8) is 0 Å². The van der Waals surface area contributed by atoms with Crippen molar-refractivity contribution in [2.75, 3.05) is 5.73 Å². The molecule has 0 saturated heterocycles. The maximum Gasteiger partial charge on any atom is 0.291 e. The summed E-state index contributed by atoms with van der Waals surface area (Å²) in [6, 6.07) is 1.58.